The van der Waals surface area contributed by atoms with Crippen LogP contribution in [0.2, 0.25) is 0 Å². The van der Waals surface area contributed by atoms with Crippen LogP contribution in [-0.4, -0.2) is 46.3 Å². The molecular formula is C19H20N4O3. The van der Waals surface area contributed by atoms with E-state index in [1.807, 2.05) is 36.4 Å². The van der Waals surface area contributed by atoms with E-state index < -0.39 is 0 Å². The zero-order valence-electron chi connectivity index (χ0n) is 14.2. The van der Waals surface area contributed by atoms with Crippen molar-refractivity contribution in [2.24, 2.45) is 0 Å². The topological polar surface area (TPSA) is 90.6 Å². The third-order valence-electron chi connectivity index (χ3n) is 4.66. The average molecular weight is 352 g/mol. The van der Waals surface area contributed by atoms with Crippen molar-refractivity contribution in [2.45, 2.75) is 25.1 Å². The number of nitrogens with zero attached hydrogens (tertiary/aromatic N) is 3. The summed E-state index contributed by atoms with van der Waals surface area (Å²) in [5.41, 5.74) is 8.56. The molecule has 1 amide bonds. The lowest BCUT2D eigenvalue weighted by molar-refractivity contribution is -0.0342. The molecule has 1 fully saturated rings. The van der Waals surface area contributed by atoms with Gasteiger partial charge >= 0.3 is 6.09 Å². The molecule has 0 aliphatic carbocycles. The molecule has 0 radical (unpaired) electrons. The van der Waals surface area contributed by atoms with Crippen molar-refractivity contribution in [1.82, 2.24) is 14.9 Å². The lowest BCUT2D eigenvalue weighted by Gasteiger charge is -2.43. The number of amides is 1. The second-order valence-corrected chi connectivity index (χ2v) is 6.43. The van der Waals surface area contributed by atoms with Crippen LogP contribution in [0.4, 0.5) is 10.7 Å². The zero-order valence-corrected chi connectivity index (χ0v) is 14.2. The molecule has 2 unspecified atom stereocenters. The van der Waals surface area contributed by atoms with Crippen molar-refractivity contribution >= 4 is 17.6 Å². The van der Waals surface area contributed by atoms with Crippen molar-refractivity contribution in [3.63, 3.8) is 0 Å². The second-order valence-electron chi connectivity index (χ2n) is 6.43. The quantitative estimate of drug-likeness (QED) is 0.911. The third-order valence-corrected chi connectivity index (χ3v) is 4.66. The molecule has 0 spiro atoms. The Bertz CT molecular complexity index is 807. The summed E-state index contributed by atoms with van der Waals surface area (Å²) < 4.78 is 11.2. The van der Waals surface area contributed by atoms with Crippen LogP contribution < -0.4 is 5.73 Å². The Hall–Kier alpha value is -2.93. The van der Waals surface area contributed by atoms with Crippen LogP contribution >= 0.6 is 0 Å². The van der Waals surface area contributed by atoms with Crippen LogP contribution in [0.1, 0.15) is 17.5 Å². The lowest BCUT2D eigenvalue weighted by Crippen LogP contribution is -2.56. The zero-order chi connectivity index (χ0) is 17.9. The minimum absolute atomic E-state index is 0.0606. The largest absolute Gasteiger partial charge is 0.445 e. The first-order valence-electron chi connectivity index (χ1n) is 8.56. The highest BCUT2D eigenvalue weighted by molar-refractivity contribution is 5.74. The smallest absolute Gasteiger partial charge is 0.411 e. The van der Waals surface area contributed by atoms with Gasteiger partial charge in [-0.3, -0.25) is 4.90 Å². The number of carbonyl (C=O) groups excluding carboxylic acids is 1. The number of ether oxygens (including phenoxy) is 2. The highest BCUT2D eigenvalue weighted by Gasteiger charge is 2.39. The van der Waals surface area contributed by atoms with E-state index >= 15 is 0 Å². The highest BCUT2D eigenvalue weighted by atomic mass is 16.6. The fourth-order valence-electron chi connectivity index (χ4n) is 3.39. The molecule has 3 heterocycles. The Morgan fingerprint density at radius 2 is 2.00 bits per heavy atom. The van der Waals surface area contributed by atoms with Crippen LogP contribution in [0.3, 0.4) is 0 Å². The van der Waals surface area contributed by atoms with Crippen molar-refractivity contribution in [3.05, 3.63) is 59.9 Å². The fourth-order valence-corrected chi connectivity index (χ4v) is 3.39. The lowest BCUT2D eigenvalue weighted by atomic mass is 9.91. The van der Waals surface area contributed by atoms with E-state index in [2.05, 4.69) is 9.97 Å². The van der Waals surface area contributed by atoms with Crippen LogP contribution in [0.25, 0.3) is 5.57 Å². The van der Waals surface area contributed by atoms with E-state index in [0.29, 0.717) is 19.6 Å². The van der Waals surface area contributed by atoms with Gasteiger partial charge < -0.3 is 15.2 Å². The van der Waals surface area contributed by atoms with Gasteiger partial charge in [-0.2, -0.15) is 0 Å². The van der Waals surface area contributed by atoms with Gasteiger partial charge in [0.2, 0.25) is 5.95 Å². The summed E-state index contributed by atoms with van der Waals surface area (Å²) in [6.07, 6.45) is 5.83. The molecule has 1 aromatic heterocycles. The molecule has 2 bridgehead atoms. The Labute approximate surface area is 151 Å². The molecule has 1 saturated heterocycles. The molecule has 1 aromatic carbocycles. The molecule has 2 atom stereocenters. The summed E-state index contributed by atoms with van der Waals surface area (Å²) in [4.78, 5) is 22.5. The van der Waals surface area contributed by atoms with Crippen LogP contribution in [0, 0.1) is 0 Å². The minimum atomic E-state index is -0.309. The maximum absolute atomic E-state index is 12.7. The van der Waals surface area contributed by atoms with Crippen LogP contribution in [-0.2, 0) is 16.1 Å². The Morgan fingerprint density at radius 1 is 1.23 bits per heavy atom. The number of morpholine rings is 1. The number of anilines is 1. The summed E-state index contributed by atoms with van der Waals surface area (Å²) in [6.45, 7) is 1.21. The fraction of sp³-hybridized carbons (Fsp3) is 0.316. The van der Waals surface area contributed by atoms with Crippen LogP contribution in [0.5, 0.6) is 0 Å². The summed E-state index contributed by atoms with van der Waals surface area (Å²) in [5.74, 6) is 0.250. The number of rotatable bonds is 3. The first kappa shape index (κ1) is 16.5. The maximum Gasteiger partial charge on any atom is 0.411 e. The van der Waals surface area contributed by atoms with E-state index in [0.717, 1.165) is 16.7 Å². The maximum atomic E-state index is 12.7. The van der Waals surface area contributed by atoms with E-state index in [9.17, 15) is 4.79 Å². The molecule has 4 rings (SSSR count). The predicted octanol–water partition coefficient (Wildman–Crippen LogP) is 2.25. The number of aromatic nitrogens is 2. The van der Waals surface area contributed by atoms with Crippen molar-refractivity contribution in [2.75, 3.05) is 18.9 Å². The van der Waals surface area contributed by atoms with Crippen molar-refractivity contribution in [3.8, 4) is 0 Å². The van der Waals surface area contributed by atoms with Crippen molar-refractivity contribution < 1.29 is 14.3 Å². The van der Waals surface area contributed by atoms with E-state index in [1.54, 1.807) is 17.3 Å². The molecule has 2 aliphatic rings. The number of benzene rings is 1. The molecule has 26 heavy (non-hydrogen) atoms. The number of hydrogen-bond acceptors (Lipinski definition) is 6. The van der Waals surface area contributed by atoms with Gasteiger partial charge in [-0.15, -0.1) is 0 Å². The average Bonchev–Trinajstić information content (AvgIpc) is 2.66. The van der Waals surface area contributed by atoms with Gasteiger partial charge in [0, 0.05) is 18.0 Å². The third kappa shape index (κ3) is 3.39. The molecule has 2 aromatic rings. The van der Waals surface area contributed by atoms with Gasteiger partial charge in [-0.05, 0) is 17.6 Å². The summed E-state index contributed by atoms with van der Waals surface area (Å²) in [5, 5.41) is 0. The van der Waals surface area contributed by atoms with Gasteiger partial charge in [0.25, 0.3) is 0 Å². The van der Waals surface area contributed by atoms with Crippen LogP contribution in [0.15, 0.2) is 48.8 Å². The normalized spacial score (nSPS) is 21.8. The number of nitrogen functional groups attached to an aromatic ring is 1. The molecular weight excluding hydrogens is 332 g/mol. The SMILES string of the molecule is Nc1ncc(C2=CC3COCC(C2)N3C(=O)OCc2ccccc2)cn1. The standard InChI is InChI=1S/C19H20N4O3/c20-18-21-8-15(9-22-18)14-6-16-11-25-12-17(7-14)23(16)19(24)26-10-13-4-2-1-3-5-13/h1-6,8-9,16-17H,7,10-12H2,(H2,20,21,22). The predicted molar refractivity (Wildman–Crippen MR) is 95.9 cm³/mol. The summed E-state index contributed by atoms with van der Waals surface area (Å²) in [6, 6.07) is 9.45. The van der Waals surface area contributed by atoms with Gasteiger partial charge in [0.1, 0.15) is 6.61 Å². The monoisotopic (exact) mass is 352 g/mol. The van der Waals surface area contributed by atoms with Gasteiger partial charge in [-0.1, -0.05) is 36.4 Å². The molecule has 2 N–H and O–H groups in total. The Morgan fingerprint density at radius 3 is 2.73 bits per heavy atom. The van der Waals surface area contributed by atoms with Gasteiger partial charge in [0.15, 0.2) is 0 Å². The first-order chi connectivity index (χ1) is 12.7. The molecule has 2 aliphatic heterocycles. The number of fused-ring (bicyclic) bond motifs is 2. The van der Waals surface area contributed by atoms with Gasteiger partial charge in [-0.25, -0.2) is 14.8 Å². The van der Waals surface area contributed by atoms with E-state index in [1.165, 1.54) is 0 Å². The molecule has 134 valence electrons. The minimum Gasteiger partial charge on any atom is -0.445 e. The molecule has 7 nitrogen and oxygen atoms in total. The first-order valence-corrected chi connectivity index (χ1v) is 8.56. The second kappa shape index (κ2) is 7.13. The number of hydrogen-bond donors (Lipinski definition) is 1. The van der Waals surface area contributed by atoms with Crippen molar-refractivity contribution in [1.29, 1.82) is 0 Å². The van der Waals surface area contributed by atoms with Gasteiger partial charge in [0.05, 0.1) is 25.3 Å². The molecule has 0 saturated carbocycles. The number of carbonyl (C=O) groups is 1. The highest BCUT2D eigenvalue weighted by Crippen LogP contribution is 2.32. The number of nitrogens with two attached hydrogens (primary N) is 1. The molecule has 7 heteroatoms. The Balaban J connectivity index is 1.49. The summed E-state index contributed by atoms with van der Waals surface area (Å²) >= 11 is 0. The van der Waals surface area contributed by atoms with E-state index in [-0.39, 0.29) is 30.7 Å². The summed E-state index contributed by atoms with van der Waals surface area (Å²) in [7, 11) is 0. The van der Waals surface area contributed by atoms with E-state index in [4.69, 9.17) is 15.2 Å². The Kier molecular flexibility index (Phi) is 4.53.